The maximum absolute atomic E-state index is 12.0. The number of carbonyl (C=O) groups is 1. The summed E-state index contributed by atoms with van der Waals surface area (Å²) in [5.41, 5.74) is 5.77. The molecular weight excluding hydrogens is 212 g/mol. The Kier molecular flexibility index (Phi) is 6.07. The van der Waals surface area contributed by atoms with Crippen LogP contribution in [0, 0.1) is 18.3 Å². The number of terminal acetylenes is 1. The van der Waals surface area contributed by atoms with Gasteiger partial charge in [0.15, 0.2) is 0 Å². The molecule has 1 rings (SSSR count). The van der Waals surface area contributed by atoms with Crippen LogP contribution in [0.3, 0.4) is 0 Å². The molecule has 0 aromatic rings. The van der Waals surface area contributed by atoms with Gasteiger partial charge in [0.2, 0.25) is 5.91 Å². The zero-order valence-corrected chi connectivity index (χ0v) is 10.8. The highest BCUT2D eigenvalue weighted by Gasteiger charge is 2.23. The molecule has 1 fully saturated rings. The number of amides is 1. The van der Waals surface area contributed by atoms with Crippen LogP contribution in [0.5, 0.6) is 0 Å². The third kappa shape index (κ3) is 4.40. The third-order valence-electron chi connectivity index (χ3n) is 3.51. The molecule has 1 saturated heterocycles. The number of carbonyl (C=O) groups excluding carboxylic acids is 1. The highest BCUT2D eigenvalue weighted by Crippen LogP contribution is 2.22. The zero-order valence-electron chi connectivity index (χ0n) is 10.8. The van der Waals surface area contributed by atoms with Crippen LogP contribution in [-0.2, 0) is 4.79 Å². The van der Waals surface area contributed by atoms with Gasteiger partial charge < -0.3 is 10.6 Å². The van der Waals surface area contributed by atoms with Crippen LogP contribution in [-0.4, -0.2) is 29.9 Å². The van der Waals surface area contributed by atoms with Gasteiger partial charge in [-0.25, -0.2) is 0 Å². The number of rotatable bonds is 4. The van der Waals surface area contributed by atoms with Crippen LogP contribution in [0.25, 0.3) is 0 Å². The van der Waals surface area contributed by atoms with Gasteiger partial charge in [-0.3, -0.25) is 4.79 Å². The Morgan fingerprint density at radius 3 is 2.94 bits per heavy atom. The van der Waals surface area contributed by atoms with E-state index in [-0.39, 0.29) is 5.91 Å². The molecule has 0 spiro atoms. The molecule has 2 unspecified atom stereocenters. The zero-order chi connectivity index (χ0) is 12.7. The van der Waals surface area contributed by atoms with Gasteiger partial charge in [-0.05, 0) is 25.2 Å². The van der Waals surface area contributed by atoms with Crippen molar-refractivity contribution in [3.05, 3.63) is 0 Å². The lowest BCUT2D eigenvalue weighted by atomic mass is 9.96. The SMILES string of the molecule is C#CCC(N)C(=O)N1CCCC(CCC)CC1. The largest absolute Gasteiger partial charge is 0.341 e. The van der Waals surface area contributed by atoms with Gasteiger partial charge >= 0.3 is 0 Å². The van der Waals surface area contributed by atoms with E-state index >= 15 is 0 Å². The molecule has 2 N–H and O–H groups in total. The van der Waals surface area contributed by atoms with Gasteiger partial charge in [-0.1, -0.05) is 19.8 Å². The van der Waals surface area contributed by atoms with Crippen LogP contribution in [0.15, 0.2) is 0 Å². The van der Waals surface area contributed by atoms with Crippen molar-refractivity contribution in [2.24, 2.45) is 11.7 Å². The first kappa shape index (κ1) is 14.1. The predicted octanol–water partition coefficient (Wildman–Crippen LogP) is 1.77. The lowest BCUT2D eigenvalue weighted by Crippen LogP contribution is -2.44. The molecule has 2 atom stereocenters. The van der Waals surface area contributed by atoms with Crippen molar-refractivity contribution in [1.29, 1.82) is 0 Å². The quantitative estimate of drug-likeness (QED) is 0.756. The average molecular weight is 236 g/mol. The smallest absolute Gasteiger partial charge is 0.240 e. The second-order valence-corrected chi connectivity index (χ2v) is 4.93. The van der Waals surface area contributed by atoms with Gasteiger partial charge in [0, 0.05) is 19.5 Å². The first-order valence-electron chi connectivity index (χ1n) is 6.66. The van der Waals surface area contributed by atoms with Crippen LogP contribution >= 0.6 is 0 Å². The Morgan fingerprint density at radius 2 is 2.29 bits per heavy atom. The molecule has 3 nitrogen and oxygen atoms in total. The minimum Gasteiger partial charge on any atom is -0.341 e. The fourth-order valence-corrected chi connectivity index (χ4v) is 2.53. The maximum Gasteiger partial charge on any atom is 0.240 e. The molecule has 1 heterocycles. The van der Waals surface area contributed by atoms with Crippen molar-refractivity contribution < 1.29 is 4.79 Å². The minimum absolute atomic E-state index is 0.0279. The monoisotopic (exact) mass is 236 g/mol. The minimum atomic E-state index is -0.511. The Morgan fingerprint density at radius 1 is 1.53 bits per heavy atom. The van der Waals surface area contributed by atoms with Crippen molar-refractivity contribution in [3.8, 4) is 12.3 Å². The number of hydrogen-bond donors (Lipinski definition) is 1. The van der Waals surface area contributed by atoms with E-state index in [0.717, 1.165) is 31.8 Å². The Labute approximate surface area is 105 Å². The second-order valence-electron chi connectivity index (χ2n) is 4.93. The topological polar surface area (TPSA) is 46.3 Å². The third-order valence-corrected chi connectivity index (χ3v) is 3.51. The van der Waals surface area contributed by atoms with Crippen molar-refractivity contribution >= 4 is 5.91 Å². The van der Waals surface area contributed by atoms with Crippen LogP contribution < -0.4 is 5.73 Å². The van der Waals surface area contributed by atoms with E-state index in [0.29, 0.717) is 6.42 Å². The summed E-state index contributed by atoms with van der Waals surface area (Å²) < 4.78 is 0. The average Bonchev–Trinajstić information content (AvgIpc) is 2.54. The van der Waals surface area contributed by atoms with E-state index in [4.69, 9.17) is 12.2 Å². The van der Waals surface area contributed by atoms with E-state index < -0.39 is 6.04 Å². The van der Waals surface area contributed by atoms with Gasteiger partial charge in [-0.2, -0.15) is 0 Å². The Balaban J connectivity index is 2.45. The summed E-state index contributed by atoms with van der Waals surface area (Å²) in [6, 6.07) is -0.511. The molecule has 96 valence electrons. The molecule has 0 aromatic heterocycles. The number of likely N-dealkylation sites (tertiary alicyclic amines) is 1. The lowest BCUT2D eigenvalue weighted by Gasteiger charge is -2.23. The lowest BCUT2D eigenvalue weighted by molar-refractivity contribution is -0.132. The normalized spacial score (nSPS) is 22.6. The van der Waals surface area contributed by atoms with Gasteiger partial charge in [0.25, 0.3) is 0 Å². The first-order chi connectivity index (χ1) is 8.19. The van der Waals surface area contributed by atoms with E-state index in [1.807, 2.05) is 4.90 Å². The molecule has 3 heteroatoms. The second kappa shape index (κ2) is 7.34. The molecule has 0 saturated carbocycles. The summed E-state index contributed by atoms with van der Waals surface area (Å²) in [6.07, 6.45) is 11.5. The van der Waals surface area contributed by atoms with E-state index in [1.165, 1.54) is 19.3 Å². The van der Waals surface area contributed by atoms with Crippen LogP contribution in [0.4, 0.5) is 0 Å². The fourth-order valence-electron chi connectivity index (χ4n) is 2.53. The Hall–Kier alpha value is -1.01. The number of nitrogens with two attached hydrogens (primary N) is 1. The van der Waals surface area contributed by atoms with Crippen LogP contribution in [0.2, 0.25) is 0 Å². The maximum atomic E-state index is 12.0. The van der Waals surface area contributed by atoms with Crippen molar-refractivity contribution in [2.45, 2.75) is 51.5 Å². The molecule has 1 aliphatic rings. The van der Waals surface area contributed by atoms with E-state index in [1.54, 1.807) is 0 Å². The fraction of sp³-hybridized carbons (Fsp3) is 0.786. The molecule has 0 radical (unpaired) electrons. The van der Waals surface area contributed by atoms with Gasteiger partial charge in [0.05, 0.1) is 6.04 Å². The molecular formula is C14H24N2O. The summed E-state index contributed by atoms with van der Waals surface area (Å²) in [5, 5.41) is 0. The first-order valence-corrected chi connectivity index (χ1v) is 6.66. The number of hydrogen-bond acceptors (Lipinski definition) is 2. The highest BCUT2D eigenvalue weighted by molar-refractivity contribution is 5.82. The molecule has 0 aromatic carbocycles. The predicted molar refractivity (Wildman–Crippen MR) is 70.3 cm³/mol. The van der Waals surface area contributed by atoms with Gasteiger partial charge in [-0.15, -0.1) is 12.3 Å². The standard InChI is InChI=1S/C14H24N2O/c1-3-6-12-8-5-10-16(11-9-12)14(17)13(15)7-4-2/h2,12-13H,3,5-11,15H2,1H3. The summed E-state index contributed by atoms with van der Waals surface area (Å²) in [7, 11) is 0. The summed E-state index contributed by atoms with van der Waals surface area (Å²) >= 11 is 0. The van der Waals surface area contributed by atoms with E-state index in [2.05, 4.69) is 12.8 Å². The van der Waals surface area contributed by atoms with Crippen molar-refractivity contribution in [2.75, 3.05) is 13.1 Å². The summed E-state index contributed by atoms with van der Waals surface area (Å²) in [6.45, 7) is 3.91. The summed E-state index contributed by atoms with van der Waals surface area (Å²) in [5.74, 6) is 3.27. The summed E-state index contributed by atoms with van der Waals surface area (Å²) in [4.78, 5) is 13.9. The molecule has 1 aliphatic heterocycles. The number of nitrogens with zero attached hydrogens (tertiary/aromatic N) is 1. The molecule has 0 bridgehead atoms. The Bertz CT molecular complexity index is 282. The van der Waals surface area contributed by atoms with Crippen molar-refractivity contribution in [1.82, 2.24) is 4.90 Å². The highest BCUT2D eigenvalue weighted by atomic mass is 16.2. The van der Waals surface area contributed by atoms with Gasteiger partial charge in [0.1, 0.15) is 0 Å². The molecule has 17 heavy (non-hydrogen) atoms. The molecule has 1 amide bonds. The van der Waals surface area contributed by atoms with E-state index in [9.17, 15) is 4.79 Å². The van der Waals surface area contributed by atoms with Crippen LogP contribution in [0.1, 0.15) is 45.4 Å². The van der Waals surface area contributed by atoms with Crippen molar-refractivity contribution in [3.63, 3.8) is 0 Å². The molecule has 0 aliphatic carbocycles.